The van der Waals surface area contributed by atoms with Crippen LogP contribution in [0.1, 0.15) is 27.9 Å². The molecule has 0 unspecified atom stereocenters. The number of amides is 1. The number of hydrogen-bond donors (Lipinski definition) is 2. The number of fused-ring (bicyclic) bond motifs is 1. The summed E-state index contributed by atoms with van der Waals surface area (Å²) in [7, 11) is 0. The first kappa shape index (κ1) is 16.1. The van der Waals surface area contributed by atoms with E-state index < -0.39 is 5.69 Å². The normalized spacial score (nSPS) is 11.0. The highest BCUT2D eigenvalue weighted by molar-refractivity contribution is 7.15. The second kappa shape index (κ2) is 6.04. The number of thiazole rings is 1. The Balaban J connectivity index is 2.00. The van der Waals surface area contributed by atoms with E-state index >= 15 is 0 Å². The number of aromatic amines is 1. The third-order valence-electron chi connectivity index (χ3n) is 3.81. The number of anilines is 1. The minimum Gasteiger partial charge on any atom is -0.307 e. The molecule has 124 valence electrons. The van der Waals surface area contributed by atoms with Gasteiger partial charge in [-0.15, -0.1) is 11.3 Å². The molecule has 24 heavy (non-hydrogen) atoms. The monoisotopic (exact) mass is 344 g/mol. The van der Waals surface area contributed by atoms with Crippen molar-refractivity contribution in [1.82, 2.24) is 14.5 Å². The Morgan fingerprint density at radius 3 is 2.71 bits per heavy atom. The van der Waals surface area contributed by atoms with Crippen molar-refractivity contribution in [1.29, 1.82) is 0 Å². The van der Waals surface area contributed by atoms with Crippen molar-refractivity contribution >= 4 is 33.3 Å². The van der Waals surface area contributed by atoms with Gasteiger partial charge in [-0.05, 0) is 39.0 Å². The number of nitrogens with zero attached hydrogens (tertiary/aromatic N) is 2. The molecule has 0 atom stereocenters. The van der Waals surface area contributed by atoms with Crippen LogP contribution in [0, 0.1) is 13.8 Å². The van der Waals surface area contributed by atoms with Gasteiger partial charge in [-0.2, -0.15) is 0 Å². The zero-order valence-corrected chi connectivity index (χ0v) is 14.3. The van der Waals surface area contributed by atoms with E-state index in [1.807, 2.05) is 13.8 Å². The van der Waals surface area contributed by atoms with Gasteiger partial charge in [0.25, 0.3) is 11.5 Å². The molecule has 8 heteroatoms. The van der Waals surface area contributed by atoms with Crippen LogP contribution >= 0.6 is 11.3 Å². The zero-order chi connectivity index (χ0) is 17.4. The summed E-state index contributed by atoms with van der Waals surface area (Å²) in [6.07, 6.45) is 0. The summed E-state index contributed by atoms with van der Waals surface area (Å²) in [5.41, 5.74) is 0.706. The zero-order valence-electron chi connectivity index (χ0n) is 13.5. The van der Waals surface area contributed by atoms with Gasteiger partial charge in [0.2, 0.25) is 0 Å². The fraction of sp³-hybridized carbons (Fsp3) is 0.250. The molecular weight excluding hydrogens is 328 g/mol. The fourth-order valence-electron chi connectivity index (χ4n) is 2.38. The number of aryl methyl sites for hydroxylation is 2. The van der Waals surface area contributed by atoms with E-state index in [2.05, 4.69) is 15.3 Å². The van der Waals surface area contributed by atoms with Crippen LogP contribution in [-0.2, 0) is 6.54 Å². The van der Waals surface area contributed by atoms with E-state index in [0.29, 0.717) is 21.6 Å². The van der Waals surface area contributed by atoms with Gasteiger partial charge in [0.1, 0.15) is 0 Å². The van der Waals surface area contributed by atoms with E-state index in [-0.39, 0.29) is 18.0 Å². The SMILES string of the molecule is CCn1c(=O)[nH]c2cc(C(=O)Nc3nc(C)c(C)s3)ccc2c1=O. The molecule has 0 saturated heterocycles. The Hall–Kier alpha value is -2.74. The Kier molecular flexibility index (Phi) is 4.06. The van der Waals surface area contributed by atoms with Crippen LogP contribution in [0.3, 0.4) is 0 Å². The molecule has 0 aliphatic rings. The predicted octanol–water partition coefficient (Wildman–Crippen LogP) is 2.04. The predicted molar refractivity (Wildman–Crippen MR) is 94.0 cm³/mol. The van der Waals surface area contributed by atoms with E-state index in [9.17, 15) is 14.4 Å². The summed E-state index contributed by atoms with van der Waals surface area (Å²) in [5, 5.41) is 3.62. The summed E-state index contributed by atoms with van der Waals surface area (Å²) in [6.45, 7) is 5.82. The molecule has 3 aromatic rings. The Bertz CT molecular complexity index is 1040. The number of benzene rings is 1. The number of aromatic nitrogens is 3. The minimum absolute atomic E-state index is 0.287. The number of carbonyl (C=O) groups excluding carboxylic acids is 1. The van der Waals surface area contributed by atoms with Crippen LogP contribution < -0.4 is 16.6 Å². The summed E-state index contributed by atoms with van der Waals surface area (Å²) in [6, 6.07) is 4.61. The lowest BCUT2D eigenvalue weighted by molar-refractivity contribution is 0.102. The standard InChI is InChI=1S/C16H16N4O3S/c1-4-20-14(22)11-6-5-10(7-12(11)18-16(20)23)13(21)19-15-17-8(2)9(3)24-15/h5-7H,4H2,1-3H3,(H,18,23)(H,17,19,21). The van der Waals surface area contributed by atoms with Crippen molar-refractivity contribution in [2.45, 2.75) is 27.3 Å². The Morgan fingerprint density at radius 1 is 1.33 bits per heavy atom. The first-order chi connectivity index (χ1) is 11.4. The van der Waals surface area contributed by atoms with Crippen LogP contribution in [0.25, 0.3) is 10.9 Å². The summed E-state index contributed by atoms with van der Waals surface area (Å²) in [5.74, 6) is -0.342. The maximum absolute atomic E-state index is 12.4. The molecule has 2 aromatic heterocycles. The third-order valence-corrected chi connectivity index (χ3v) is 4.80. The van der Waals surface area contributed by atoms with Gasteiger partial charge in [0.15, 0.2) is 5.13 Å². The van der Waals surface area contributed by atoms with E-state index in [4.69, 9.17) is 0 Å². The van der Waals surface area contributed by atoms with Crippen LogP contribution in [0.15, 0.2) is 27.8 Å². The van der Waals surface area contributed by atoms with E-state index in [0.717, 1.165) is 15.1 Å². The molecule has 0 fully saturated rings. The molecule has 1 amide bonds. The fourth-order valence-corrected chi connectivity index (χ4v) is 3.19. The van der Waals surface area contributed by atoms with Gasteiger partial charge in [-0.1, -0.05) is 0 Å². The lowest BCUT2D eigenvalue weighted by Gasteiger charge is -2.06. The maximum atomic E-state index is 12.4. The molecule has 0 aliphatic heterocycles. The van der Waals surface area contributed by atoms with Gasteiger partial charge >= 0.3 is 5.69 Å². The van der Waals surface area contributed by atoms with Crippen molar-refractivity contribution in [3.05, 3.63) is 55.2 Å². The topological polar surface area (TPSA) is 96.8 Å². The van der Waals surface area contributed by atoms with Crippen molar-refractivity contribution in [3.8, 4) is 0 Å². The highest BCUT2D eigenvalue weighted by Crippen LogP contribution is 2.22. The first-order valence-corrected chi connectivity index (χ1v) is 8.24. The largest absolute Gasteiger partial charge is 0.328 e. The van der Waals surface area contributed by atoms with Crippen LogP contribution in [0.5, 0.6) is 0 Å². The van der Waals surface area contributed by atoms with Crippen LogP contribution in [0.4, 0.5) is 5.13 Å². The maximum Gasteiger partial charge on any atom is 0.328 e. The highest BCUT2D eigenvalue weighted by atomic mass is 32.1. The van der Waals surface area contributed by atoms with Gasteiger partial charge < -0.3 is 4.98 Å². The molecule has 0 saturated carbocycles. The molecule has 0 spiro atoms. The summed E-state index contributed by atoms with van der Waals surface area (Å²) < 4.78 is 1.11. The Labute approximate surface area is 141 Å². The number of hydrogen-bond acceptors (Lipinski definition) is 5. The molecule has 7 nitrogen and oxygen atoms in total. The second-order valence-corrected chi connectivity index (χ2v) is 6.56. The minimum atomic E-state index is -0.487. The molecule has 0 aliphatic carbocycles. The second-order valence-electron chi connectivity index (χ2n) is 5.35. The van der Waals surface area contributed by atoms with Crippen molar-refractivity contribution in [2.24, 2.45) is 0 Å². The lowest BCUT2D eigenvalue weighted by Crippen LogP contribution is -2.34. The third kappa shape index (κ3) is 2.76. The van der Waals surface area contributed by atoms with Crippen molar-refractivity contribution < 1.29 is 4.79 Å². The van der Waals surface area contributed by atoms with Gasteiger partial charge in [0.05, 0.1) is 16.6 Å². The van der Waals surface area contributed by atoms with Crippen LogP contribution in [0.2, 0.25) is 0 Å². The summed E-state index contributed by atoms with van der Waals surface area (Å²) in [4.78, 5) is 44.4. The average molecular weight is 344 g/mol. The quantitative estimate of drug-likeness (QED) is 0.760. The number of H-pyrrole nitrogens is 1. The molecule has 0 bridgehead atoms. The molecule has 3 rings (SSSR count). The molecule has 2 heterocycles. The van der Waals surface area contributed by atoms with E-state index in [1.165, 1.54) is 17.4 Å². The smallest absolute Gasteiger partial charge is 0.307 e. The Morgan fingerprint density at radius 2 is 2.08 bits per heavy atom. The van der Waals surface area contributed by atoms with Gasteiger partial charge in [-0.3, -0.25) is 19.5 Å². The van der Waals surface area contributed by atoms with Gasteiger partial charge in [0, 0.05) is 17.0 Å². The molecule has 0 radical (unpaired) electrons. The van der Waals surface area contributed by atoms with E-state index in [1.54, 1.807) is 19.1 Å². The number of carbonyl (C=O) groups is 1. The number of rotatable bonds is 3. The molecule has 2 N–H and O–H groups in total. The first-order valence-electron chi connectivity index (χ1n) is 7.43. The number of nitrogens with one attached hydrogen (secondary N) is 2. The lowest BCUT2D eigenvalue weighted by atomic mass is 10.1. The van der Waals surface area contributed by atoms with Crippen LogP contribution in [-0.4, -0.2) is 20.4 Å². The van der Waals surface area contributed by atoms with Crippen molar-refractivity contribution in [3.63, 3.8) is 0 Å². The molecular formula is C16H16N4O3S. The van der Waals surface area contributed by atoms with Gasteiger partial charge in [-0.25, -0.2) is 9.78 Å². The summed E-state index contributed by atoms with van der Waals surface area (Å²) >= 11 is 1.40. The molecule has 1 aromatic carbocycles. The van der Waals surface area contributed by atoms with Crippen molar-refractivity contribution in [2.75, 3.05) is 5.32 Å². The highest BCUT2D eigenvalue weighted by Gasteiger charge is 2.13. The average Bonchev–Trinajstić information content (AvgIpc) is 2.85.